The van der Waals surface area contributed by atoms with Crippen molar-refractivity contribution >= 4 is 34.4 Å². The van der Waals surface area contributed by atoms with Gasteiger partial charge < -0.3 is 24.8 Å². The molecule has 0 amide bonds. The number of aliphatic hydroxyl groups is 1. The number of pyridine rings is 1. The lowest BCUT2D eigenvalue weighted by atomic mass is 10.1. The Kier molecular flexibility index (Phi) is 6.56. The molecule has 6 rings (SSSR count). The average molecular weight is 522 g/mol. The molecule has 0 radical (unpaired) electrons. The SMILES string of the molecule is COc1cc(N2CC3CN(CCO)CC(C2)O3)ccc1Nc1ncc(Cl)c(-c2cnn3ccccc23)n1. The molecule has 37 heavy (non-hydrogen) atoms. The first kappa shape index (κ1) is 23.9. The van der Waals surface area contributed by atoms with E-state index in [1.54, 1.807) is 24.0 Å². The number of ether oxygens (including phenoxy) is 2. The largest absolute Gasteiger partial charge is 0.494 e. The number of halogens is 1. The number of benzene rings is 1. The predicted molar refractivity (Wildman–Crippen MR) is 142 cm³/mol. The van der Waals surface area contributed by atoms with Crippen molar-refractivity contribution in [1.29, 1.82) is 0 Å². The van der Waals surface area contributed by atoms with Crippen LogP contribution in [0.25, 0.3) is 16.8 Å². The van der Waals surface area contributed by atoms with Crippen LogP contribution in [0.1, 0.15) is 0 Å². The van der Waals surface area contributed by atoms with Crippen molar-refractivity contribution in [2.75, 3.05) is 56.7 Å². The number of aromatic nitrogens is 4. The predicted octanol–water partition coefficient (Wildman–Crippen LogP) is 3.08. The minimum Gasteiger partial charge on any atom is -0.494 e. The number of aliphatic hydroxyl groups excluding tert-OH is 1. The zero-order chi connectivity index (χ0) is 25.4. The Morgan fingerprint density at radius 3 is 2.76 bits per heavy atom. The van der Waals surface area contributed by atoms with Crippen LogP contribution in [0.3, 0.4) is 0 Å². The fraction of sp³-hybridized carbons (Fsp3) is 0.346. The highest BCUT2D eigenvalue weighted by Gasteiger charge is 2.35. The lowest BCUT2D eigenvalue weighted by Crippen LogP contribution is -2.60. The van der Waals surface area contributed by atoms with E-state index in [-0.39, 0.29) is 18.8 Å². The normalized spacial score (nSPS) is 19.8. The number of hydrogen-bond donors (Lipinski definition) is 2. The molecule has 4 aromatic rings. The molecule has 2 aliphatic rings. The van der Waals surface area contributed by atoms with Crippen molar-refractivity contribution in [3.8, 4) is 17.0 Å². The smallest absolute Gasteiger partial charge is 0.227 e. The second-order valence-corrected chi connectivity index (χ2v) is 9.66. The van der Waals surface area contributed by atoms with Crippen LogP contribution < -0.4 is 15.0 Å². The van der Waals surface area contributed by atoms with Crippen molar-refractivity contribution in [2.24, 2.45) is 0 Å². The van der Waals surface area contributed by atoms with Crippen LogP contribution in [0.2, 0.25) is 5.02 Å². The van der Waals surface area contributed by atoms with Crippen LogP contribution in [0, 0.1) is 0 Å². The number of nitrogens with one attached hydrogen (secondary N) is 1. The minimum atomic E-state index is 0.114. The highest BCUT2D eigenvalue weighted by molar-refractivity contribution is 6.33. The first-order chi connectivity index (χ1) is 18.1. The Hall–Kier alpha value is -3.44. The third-order valence-electron chi connectivity index (χ3n) is 6.80. The topological polar surface area (TPSA) is 100 Å². The molecule has 1 aromatic carbocycles. The van der Waals surface area contributed by atoms with Crippen LogP contribution in [0.5, 0.6) is 5.75 Å². The summed E-state index contributed by atoms with van der Waals surface area (Å²) >= 11 is 6.48. The maximum atomic E-state index is 9.29. The zero-order valence-electron chi connectivity index (χ0n) is 20.4. The van der Waals surface area contributed by atoms with E-state index in [0.29, 0.717) is 29.0 Å². The van der Waals surface area contributed by atoms with Gasteiger partial charge in [-0.05, 0) is 24.3 Å². The molecular formula is C26H28ClN7O3. The van der Waals surface area contributed by atoms with Crippen LogP contribution in [0.4, 0.5) is 17.3 Å². The van der Waals surface area contributed by atoms with Crippen molar-refractivity contribution in [2.45, 2.75) is 12.2 Å². The molecule has 2 unspecified atom stereocenters. The van der Waals surface area contributed by atoms with Crippen molar-refractivity contribution in [3.05, 3.63) is 60.0 Å². The van der Waals surface area contributed by atoms with Crippen LogP contribution >= 0.6 is 11.6 Å². The van der Waals surface area contributed by atoms with Gasteiger partial charge in [-0.3, -0.25) is 4.90 Å². The number of morpholine rings is 2. The summed E-state index contributed by atoms with van der Waals surface area (Å²) in [6.07, 6.45) is 5.45. The number of methoxy groups -OCH3 is 1. The third-order valence-corrected chi connectivity index (χ3v) is 7.07. The van der Waals surface area contributed by atoms with E-state index >= 15 is 0 Å². The van der Waals surface area contributed by atoms with Gasteiger partial charge in [0.2, 0.25) is 5.95 Å². The summed E-state index contributed by atoms with van der Waals surface area (Å²) in [5, 5.41) is 17.4. The summed E-state index contributed by atoms with van der Waals surface area (Å²) in [7, 11) is 1.65. The Morgan fingerprint density at radius 1 is 1.14 bits per heavy atom. The Bertz CT molecular complexity index is 1400. The molecule has 2 N–H and O–H groups in total. The molecule has 2 atom stereocenters. The Morgan fingerprint density at radius 2 is 1.97 bits per heavy atom. The summed E-state index contributed by atoms with van der Waals surface area (Å²) in [5.74, 6) is 1.10. The third kappa shape index (κ3) is 4.80. The van der Waals surface area contributed by atoms with E-state index < -0.39 is 0 Å². The molecule has 11 heteroatoms. The number of rotatable bonds is 7. The molecule has 10 nitrogen and oxygen atoms in total. The lowest BCUT2D eigenvalue weighted by Gasteiger charge is -2.46. The van der Waals surface area contributed by atoms with E-state index in [1.807, 2.05) is 36.5 Å². The maximum absolute atomic E-state index is 9.29. The number of β-amino-alcohol motifs (C(OH)–C–C–N with tert-alkyl or cyclic N) is 1. The zero-order valence-corrected chi connectivity index (χ0v) is 21.2. The first-order valence-electron chi connectivity index (χ1n) is 12.2. The quantitative estimate of drug-likeness (QED) is 0.380. The molecular weight excluding hydrogens is 494 g/mol. The first-order valence-corrected chi connectivity index (χ1v) is 12.6. The monoisotopic (exact) mass is 521 g/mol. The van der Waals surface area contributed by atoms with Gasteiger partial charge in [-0.1, -0.05) is 17.7 Å². The fourth-order valence-corrected chi connectivity index (χ4v) is 5.34. The molecule has 2 saturated heterocycles. The molecule has 192 valence electrons. The van der Waals surface area contributed by atoms with Crippen molar-refractivity contribution in [3.63, 3.8) is 0 Å². The van der Waals surface area contributed by atoms with Crippen molar-refractivity contribution < 1.29 is 14.6 Å². The Labute approximate surface area is 219 Å². The molecule has 3 aromatic heterocycles. The van der Waals surface area contributed by atoms with Gasteiger partial charge in [-0.15, -0.1) is 0 Å². The van der Waals surface area contributed by atoms with Gasteiger partial charge in [0.1, 0.15) is 5.75 Å². The number of fused-ring (bicyclic) bond motifs is 3. The van der Waals surface area contributed by atoms with Crippen molar-refractivity contribution in [1.82, 2.24) is 24.5 Å². The van der Waals surface area contributed by atoms with E-state index in [0.717, 1.165) is 48.6 Å². The average Bonchev–Trinajstić information content (AvgIpc) is 3.33. The molecule has 0 aliphatic carbocycles. The molecule has 2 bridgehead atoms. The van der Waals surface area contributed by atoms with Crippen LogP contribution in [-0.2, 0) is 4.74 Å². The molecule has 2 fully saturated rings. The summed E-state index contributed by atoms with van der Waals surface area (Å²) in [5.41, 5.74) is 4.16. The molecule has 5 heterocycles. The van der Waals surface area contributed by atoms with Crippen LogP contribution in [0.15, 0.2) is 55.0 Å². The minimum absolute atomic E-state index is 0.114. The van der Waals surface area contributed by atoms with E-state index in [2.05, 4.69) is 31.3 Å². The maximum Gasteiger partial charge on any atom is 0.227 e. The highest BCUT2D eigenvalue weighted by atomic mass is 35.5. The second kappa shape index (κ2) is 10.1. The van der Waals surface area contributed by atoms with Gasteiger partial charge in [0, 0.05) is 56.2 Å². The Balaban J connectivity index is 1.23. The van der Waals surface area contributed by atoms with E-state index in [4.69, 9.17) is 26.1 Å². The van der Waals surface area contributed by atoms with Crippen LogP contribution in [-0.4, -0.2) is 88.2 Å². The van der Waals surface area contributed by atoms with E-state index in [9.17, 15) is 5.11 Å². The van der Waals surface area contributed by atoms with E-state index in [1.165, 1.54) is 0 Å². The second-order valence-electron chi connectivity index (χ2n) is 9.26. The number of nitrogens with zero attached hydrogens (tertiary/aromatic N) is 6. The van der Waals surface area contributed by atoms with Gasteiger partial charge in [0.25, 0.3) is 0 Å². The van der Waals surface area contributed by atoms with Gasteiger partial charge in [-0.25, -0.2) is 14.5 Å². The summed E-state index contributed by atoms with van der Waals surface area (Å²) < 4.78 is 13.7. The highest BCUT2D eigenvalue weighted by Crippen LogP contribution is 2.35. The summed E-state index contributed by atoms with van der Waals surface area (Å²) in [6.45, 7) is 4.10. The van der Waals surface area contributed by atoms with Gasteiger partial charge >= 0.3 is 0 Å². The fourth-order valence-electron chi connectivity index (χ4n) is 5.14. The molecule has 0 spiro atoms. The number of hydrogen-bond acceptors (Lipinski definition) is 9. The number of anilines is 3. The van der Waals surface area contributed by atoms with Gasteiger partial charge in [-0.2, -0.15) is 5.10 Å². The standard InChI is InChI=1S/C26H28ClN7O3/c1-36-24-10-17(33-15-18-13-32(8-9-35)14-19(16-33)37-18)5-6-22(24)30-26-28-12-21(27)25(31-26)20-11-29-34-7-3-2-4-23(20)34/h2-7,10-12,18-19,35H,8-9,13-16H2,1H3,(H,28,30,31). The van der Waals surface area contributed by atoms with Gasteiger partial charge in [0.05, 0.1) is 60.2 Å². The molecule has 0 saturated carbocycles. The lowest BCUT2D eigenvalue weighted by molar-refractivity contribution is -0.0961. The van der Waals surface area contributed by atoms with Gasteiger partial charge in [0.15, 0.2) is 0 Å². The summed E-state index contributed by atoms with van der Waals surface area (Å²) in [4.78, 5) is 13.7. The summed E-state index contributed by atoms with van der Waals surface area (Å²) in [6, 6.07) is 11.9. The molecule has 2 aliphatic heterocycles.